The summed E-state index contributed by atoms with van der Waals surface area (Å²) in [6.45, 7) is 2.51. The fraction of sp³-hybridized carbons (Fsp3) is 0.529. The van der Waals surface area contributed by atoms with E-state index in [1.165, 1.54) is 6.07 Å². The molecule has 1 aliphatic heterocycles. The summed E-state index contributed by atoms with van der Waals surface area (Å²) in [5.74, 6) is -2.55. The van der Waals surface area contributed by atoms with Gasteiger partial charge in [-0.15, -0.1) is 5.10 Å². The number of alkyl halides is 2. The number of aromatic nitrogens is 2. The molecule has 2 aromatic rings. The Kier molecular flexibility index (Phi) is 5.45. The van der Waals surface area contributed by atoms with Crippen molar-refractivity contribution in [3.63, 3.8) is 0 Å². The van der Waals surface area contributed by atoms with Crippen LogP contribution < -0.4 is 21.1 Å². The lowest BCUT2D eigenvalue weighted by Crippen LogP contribution is -2.44. The molecule has 0 saturated carbocycles. The molecule has 7 nitrogen and oxygen atoms in total. The van der Waals surface area contributed by atoms with Crippen molar-refractivity contribution in [3.8, 4) is 17.2 Å². The smallest absolute Gasteiger partial charge is 0.429 e. The fourth-order valence-electron chi connectivity index (χ4n) is 3.22. The Balaban J connectivity index is 1.97. The zero-order valence-corrected chi connectivity index (χ0v) is 14.9. The topological polar surface area (TPSA) is 92.2 Å². The van der Waals surface area contributed by atoms with Gasteiger partial charge in [0.05, 0.1) is 5.69 Å². The number of hydrogen-bond donors (Lipinski definition) is 3. The Bertz CT molecular complexity index is 846. The molecule has 0 spiro atoms. The molecule has 3 N–H and O–H groups in total. The van der Waals surface area contributed by atoms with Gasteiger partial charge in [0.15, 0.2) is 11.6 Å². The van der Waals surface area contributed by atoms with Crippen LogP contribution in [-0.2, 0) is 0 Å². The molecule has 0 aliphatic carbocycles. The first-order chi connectivity index (χ1) is 12.8. The van der Waals surface area contributed by atoms with Crippen LogP contribution in [0, 0.1) is 11.2 Å². The third-order valence-corrected chi connectivity index (χ3v) is 5.10. The number of benzene rings is 1. The minimum atomic E-state index is -3.18. The minimum absolute atomic E-state index is 0.0446. The van der Waals surface area contributed by atoms with E-state index in [1.54, 1.807) is 0 Å². The molecule has 1 aromatic heterocycles. The van der Waals surface area contributed by atoms with E-state index in [9.17, 15) is 18.0 Å². The first-order valence-corrected chi connectivity index (χ1v) is 8.60. The van der Waals surface area contributed by atoms with Crippen LogP contribution in [0.15, 0.2) is 21.3 Å². The molecule has 10 heteroatoms. The Hall–Kier alpha value is -2.49. The number of aromatic amines is 1. The molecular weight excluding hydrogens is 365 g/mol. The van der Waals surface area contributed by atoms with Gasteiger partial charge in [-0.3, -0.25) is 0 Å². The predicted molar refractivity (Wildman–Crippen MR) is 92.4 cm³/mol. The molecule has 1 atom stereocenters. The van der Waals surface area contributed by atoms with Crippen molar-refractivity contribution in [2.75, 3.05) is 18.4 Å². The second-order valence-electron chi connectivity index (χ2n) is 6.90. The normalized spacial score (nSPS) is 17.7. The highest BCUT2D eigenvalue weighted by molar-refractivity contribution is 5.68. The van der Waals surface area contributed by atoms with Crippen molar-refractivity contribution in [1.82, 2.24) is 15.5 Å². The van der Waals surface area contributed by atoms with E-state index in [-0.39, 0.29) is 28.6 Å². The fourth-order valence-corrected chi connectivity index (χ4v) is 3.22. The summed E-state index contributed by atoms with van der Waals surface area (Å²) < 4.78 is 49.2. The molecule has 27 heavy (non-hydrogen) atoms. The predicted octanol–water partition coefficient (Wildman–Crippen LogP) is 2.96. The summed E-state index contributed by atoms with van der Waals surface area (Å²) in [6, 6.07) is 2.15. The molecular formula is C17H21F3N4O3. The maximum absolute atomic E-state index is 14.5. The second kappa shape index (κ2) is 7.63. The molecule has 1 aromatic carbocycles. The Morgan fingerprint density at radius 3 is 2.63 bits per heavy atom. The van der Waals surface area contributed by atoms with Crippen LogP contribution in [0.2, 0.25) is 0 Å². The highest BCUT2D eigenvalue weighted by Gasteiger charge is 2.33. The summed E-state index contributed by atoms with van der Waals surface area (Å²) in [7, 11) is 0. The summed E-state index contributed by atoms with van der Waals surface area (Å²) in [5.41, 5.74) is 0.0551. The van der Waals surface area contributed by atoms with Crippen LogP contribution in [0.3, 0.4) is 0 Å². The summed E-state index contributed by atoms with van der Waals surface area (Å²) in [5, 5.41) is 12.1. The summed E-state index contributed by atoms with van der Waals surface area (Å²) in [6.07, 6.45) is 1.76. The number of piperidine rings is 1. The summed E-state index contributed by atoms with van der Waals surface area (Å²) >= 11 is 0. The lowest BCUT2D eigenvalue weighted by Gasteiger charge is -2.40. The molecule has 148 valence electrons. The van der Waals surface area contributed by atoms with Gasteiger partial charge in [0.25, 0.3) is 0 Å². The van der Waals surface area contributed by atoms with Crippen LogP contribution in [0.1, 0.15) is 26.7 Å². The van der Waals surface area contributed by atoms with Gasteiger partial charge in [0.1, 0.15) is 0 Å². The van der Waals surface area contributed by atoms with E-state index in [0.29, 0.717) is 0 Å². The standard InChI is InChI=1S/C17H21F3N4O3/c1-9(17(2)3-5-21-6-4-17)22-12-8-10(14-23-24-16(25)27-14)7-11(18)13(12)26-15(19)20/h7-9,15,21-22H,3-6H2,1-2H3,(H,24,25)/t9-/m0/s1. The van der Waals surface area contributed by atoms with Gasteiger partial charge < -0.3 is 19.8 Å². The minimum Gasteiger partial charge on any atom is -0.429 e. The molecule has 1 fully saturated rings. The largest absolute Gasteiger partial charge is 0.434 e. The molecule has 1 saturated heterocycles. The lowest BCUT2D eigenvalue weighted by atomic mass is 9.75. The molecule has 0 radical (unpaired) electrons. The third-order valence-electron chi connectivity index (χ3n) is 5.10. The Labute approximate surface area is 153 Å². The quantitative estimate of drug-likeness (QED) is 0.707. The van der Waals surface area contributed by atoms with Gasteiger partial charge in [-0.2, -0.15) is 8.78 Å². The van der Waals surface area contributed by atoms with E-state index in [0.717, 1.165) is 32.0 Å². The molecule has 3 rings (SSSR count). The third kappa shape index (κ3) is 4.26. The average molecular weight is 386 g/mol. The van der Waals surface area contributed by atoms with E-state index >= 15 is 0 Å². The van der Waals surface area contributed by atoms with Crippen LogP contribution in [0.4, 0.5) is 18.9 Å². The van der Waals surface area contributed by atoms with Gasteiger partial charge in [0.2, 0.25) is 5.89 Å². The Morgan fingerprint density at radius 2 is 2.04 bits per heavy atom. The van der Waals surface area contributed by atoms with E-state index < -0.39 is 23.9 Å². The molecule has 0 unspecified atom stereocenters. The SMILES string of the molecule is C[C@H](Nc1cc(-c2n[nH]c(=O)o2)cc(F)c1OC(F)F)C1(C)CCNCC1. The van der Waals surface area contributed by atoms with Crippen molar-refractivity contribution >= 4 is 5.69 Å². The molecule has 1 aliphatic rings. The van der Waals surface area contributed by atoms with Crippen LogP contribution in [0.5, 0.6) is 5.75 Å². The summed E-state index contributed by atoms with van der Waals surface area (Å²) in [4.78, 5) is 11.1. The monoisotopic (exact) mass is 386 g/mol. The van der Waals surface area contributed by atoms with Crippen molar-refractivity contribution in [2.24, 2.45) is 5.41 Å². The Morgan fingerprint density at radius 1 is 1.33 bits per heavy atom. The number of hydrogen-bond acceptors (Lipinski definition) is 6. The molecule has 0 bridgehead atoms. The zero-order chi connectivity index (χ0) is 19.6. The van der Waals surface area contributed by atoms with Gasteiger partial charge in [-0.1, -0.05) is 6.92 Å². The van der Waals surface area contributed by atoms with Crippen molar-refractivity contribution < 1.29 is 22.3 Å². The van der Waals surface area contributed by atoms with Crippen LogP contribution in [-0.4, -0.2) is 35.9 Å². The van der Waals surface area contributed by atoms with Gasteiger partial charge in [-0.05, 0) is 50.4 Å². The maximum atomic E-state index is 14.5. The highest BCUT2D eigenvalue weighted by Crippen LogP contribution is 2.38. The van der Waals surface area contributed by atoms with Gasteiger partial charge in [-0.25, -0.2) is 14.3 Å². The van der Waals surface area contributed by atoms with Crippen LogP contribution >= 0.6 is 0 Å². The molecule has 2 heterocycles. The number of rotatable bonds is 6. The first kappa shape index (κ1) is 19.3. The second-order valence-corrected chi connectivity index (χ2v) is 6.90. The van der Waals surface area contributed by atoms with Crippen molar-refractivity contribution in [2.45, 2.75) is 39.3 Å². The van der Waals surface area contributed by atoms with Gasteiger partial charge >= 0.3 is 12.4 Å². The highest BCUT2D eigenvalue weighted by atomic mass is 19.3. The first-order valence-electron chi connectivity index (χ1n) is 8.60. The van der Waals surface area contributed by atoms with E-state index in [2.05, 4.69) is 32.5 Å². The molecule has 0 amide bonds. The zero-order valence-electron chi connectivity index (χ0n) is 14.9. The van der Waals surface area contributed by atoms with E-state index in [4.69, 9.17) is 4.42 Å². The number of nitrogens with zero attached hydrogens (tertiary/aromatic N) is 1. The average Bonchev–Trinajstić information content (AvgIpc) is 3.04. The number of H-pyrrole nitrogens is 1. The number of halogens is 3. The lowest BCUT2D eigenvalue weighted by molar-refractivity contribution is -0.0517. The van der Waals surface area contributed by atoms with Gasteiger partial charge in [0, 0.05) is 11.6 Å². The van der Waals surface area contributed by atoms with Crippen LogP contribution in [0.25, 0.3) is 11.5 Å². The number of anilines is 1. The van der Waals surface area contributed by atoms with E-state index in [1.807, 2.05) is 6.92 Å². The number of ether oxygens (including phenoxy) is 1. The van der Waals surface area contributed by atoms with Crippen molar-refractivity contribution in [3.05, 3.63) is 28.5 Å². The maximum Gasteiger partial charge on any atom is 0.434 e. The number of nitrogens with one attached hydrogen (secondary N) is 3. The van der Waals surface area contributed by atoms with Crippen molar-refractivity contribution in [1.29, 1.82) is 0 Å².